The highest BCUT2D eigenvalue weighted by Crippen LogP contribution is 2.24. The summed E-state index contributed by atoms with van der Waals surface area (Å²) in [5, 5.41) is 24.3. The maximum atomic E-state index is 12.1. The quantitative estimate of drug-likeness (QED) is 0.325. The van der Waals surface area contributed by atoms with Crippen LogP contribution in [0.2, 0.25) is 5.02 Å². The van der Waals surface area contributed by atoms with Crippen LogP contribution in [0.3, 0.4) is 0 Å². The normalized spacial score (nSPS) is 11.0. The molecule has 30 heavy (non-hydrogen) atoms. The van der Waals surface area contributed by atoms with Gasteiger partial charge in [-0.3, -0.25) is 4.79 Å². The first-order valence-corrected chi connectivity index (χ1v) is 10.3. The third-order valence-electron chi connectivity index (χ3n) is 4.02. The number of benzene rings is 2. The van der Waals surface area contributed by atoms with E-state index in [1.807, 2.05) is 23.6 Å². The van der Waals surface area contributed by atoms with Crippen LogP contribution in [0.4, 0.5) is 0 Å². The number of hydrogen-bond donors (Lipinski definition) is 1. The Morgan fingerprint density at radius 3 is 2.50 bits per heavy atom. The largest absolute Gasteiger partial charge is 0.545 e. The second kappa shape index (κ2) is 10.0. The Morgan fingerprint density at radius 2 is 1.87 bits per heavy atom. The van der Waals surface area contributed by atoms with E-state index in [4.69, 9.17) is 11.6 Å². The van der Waals surface area contributed by atoms with E-state index in [1.54, 1.807) is 24.3 Å². The first-order chi connectivity index (χ1) is 14.5. The zero-order chi connectivity index (χ0) is 21.5. The van der Waals surface area contributed by atoms with Crippen molar-refractivity contribution >= 4 is 41.5 Å². The van der Waals surface area contributed by atoms with Gasteiger partial charge in [0.25, 0.3) is 5.91 Å². The standard InChI is InChI=1S/C20H18ClN5O3S/c1-2-26-18(14-7-9-16(21)10-8-14)24-25-20(26)30-12-17(27)23-22-11-13-3-5-15(6-4-13)19(28)29/h3-11H,2,12H2,1H3,(H,23,27)(H,28,29)/p-1/b22-11-. The number of carbonyl (C=O) groups is 2. The number of rotatable bonds is 8. The molecule has 1 aromatic heterocycles. The maximum absolute atomic E-state index is 12.1. The average Bonchev–Trinajstić information content (AvgIpc) is 3.16. The zero-order valence-electron chi connectivity index (χ0n) is 15.9. The molecule has 8 nitrogen and oxygen atoms in total. The first kappa shape index (κ1) is 21.5. The number of thioether (sulfide) groups is 1. The monoisotopic (exact) mass is 442 g/mol. The van der Waals surface area contributed by atoms with E-state index in [9.17, 15) is 14.7 Å². The van der Waals surface area contributed by atoms with Gasteiger partial charge in [-0.1, -0.05) is 47.6 Å². The highest BCUT2D eigenvalue weighted by molar-refractivity contribution is 7.99. The van der Waals surface area contributed by atoms with Gasteiger partial charge >= 0.3 is 0 Å². The minimum absolute atomic E-state index is 0.0746. The number of hydrazone groups is 1. The zero-order valence-corrected chi connectivity index (χ0v) is 17.5. The van der Waals surface area contributed by atoms with Crippen molar-refractivity contribution in [2.24, 2.45) is 5.10 Å². The maximum Gasteiger partial charge on any atom is 0.250 e. The fraction of sp³-hybridized carbons (Fsp3) is 0.150. The first-order valence-electron chi connectivity index (χ1n) is 8.93. The SMILES string of the molecule is CCn1c(SCC(=O)N/N=C\c2ccc(C(=O)[O-])cc2)nnc1-c1ccc(Cl)cc1. The van der Waals surface area contributed by atoms with Crippen LogP contribution in [0.15, 0.2) is 58.8 Å². The number of aromatic nitrogens is 3. The highest BCUT2D eigenvalue weighted by atomic mass is 35.5. The van der Waals surface area contributed by atoms with Crippen LogP contribution < -0.4 is 10.5 Å². The summed E-state index contributed by atoms with van der Waals surface area (Å²) in [5.41, 5.74) is 4.04. The summed E-state index contributed by atoms with van der Waals surface area (Å²) in [6, 6.07) is 13.3. The van der Waals surface area contributed by atoms with E-state index < -0.39 is 5.97 Å². The molecular weight excluding hydrogens is 426 g/mol. The van der Waals surface area contributed by atoms with Gasteiger partial charge in [0.1, 0.15) is 0 Å². The molecule has 0 bridgehead atoms. The third kappa shape index (κ3) is 5.46. The average molecular weight is 443 g/mol. The molecule has 0 fully saturated rings. The summed E-state index contributed by atoms with van der Waals surface area (Å²) in [6.45, 7) is 2.62. The topological polar surface area (TPSA) is 112 Å². The number of carboxylic acid groups (broad SMARTS) is 1. The van der Waals surface area contributed by atoms with Gasteiger partial charge in [0.15, 0.2) is 11.0 Å². The summed E-state index contributed by atoms with van der Waals surface area (Å²) in [4.78, 5) is 22.8. The Morgan fingerprint density at radius 1 is 1.17 bits per heavy atom. The van der Waals surface area contributed by atoms with E-state index in [0.29, 0.717) is 28.1 Å². The van der Waals surface area contributed by atoms with Gasteiger partial charge in [-0.2, -0.15) is 5.10 Å². The van der Waals surface area contributed by atoms with Crippen molar-refractivity contribution in [3.8, 4) is 11.4 Å². The van der Waals surface area contributed by atoms with Crippen LogP contribution in [0.25, 0.3) is 11.4 Å². The van der Waals surface area contributed by atoms with Crippen LogP contribution in [-0.4, -0.2) is 38.6 Å². The summed E-state index contributed by atoms with van der Waals surface area (Å²) in [6.07, 6.45) is 1.43. The molecule has 154 valence electrons. The van der Waals surface area contributed by atoms with Crippen molar-refractivity contribution < 1.29 is 14.7 Å². The molecule has 1 heterocycles. The molecule has 0 saturated carbocycles. The molecule has 0 saturated heterocycles. The lowest BCUT2D eigenvalue weighted by molar-refractivity contribution is -0.255. The van der Waals surface area contributed by atoms with Crippen molar-refractivity contribution in [1.29, 1.82) is 0 Å². The van der Waals surface area contributed by atoms with Crippen molar-refractivity contribution in [2.45, 2.75) is 18.6 Å². The highest BCUT2D eigenvalue weighted by Gasteiger charge is 2.14. The van der Waals surface area contributed by atoms with Crippen LogP contribution >= 0.6 is 23.4 Å². The molecule has 1 amide bonds. The fourth-order valence-electron chi connectivity index (χ4n) is 2.54. The molecule has 0 radical (unpaired) electrons. The van der Waals surface area contributed by atoms with Gasteiger partial charge < -0.3 is 14.5 Å². The number of aromatic carboxylic acids is 1. The van der Waals surface area contributed by atoms with E-state index in [0.717, 1.165) is 5.56 Å². The van der Waals surface area contributed by atoms with Gasteiger partial charge in [-0.15, -0.1) is 10.2 Å². The van der Waals surface area contributed by atoms with Gasteiger partial charge in [0.2, 0.25) is 0 Å². The minimum atomic E-state index is -1.25. The molecule has 0 aliphatic heterocycles. The Labute approximate surface area is 182 Å². The molecule has 0 aliphatic rings. The summed E-state index contributed by atoms with van der Waals surface area (Å²) in [5.74, 6) is -0.737. The van der Waals surface area contributed by atoms with Crippen molar-refractivity contribution in [2.75, 3.05) is 5.75 Å². The lowest BCUT2D eigenvalue weighted by Crippen LogP contribution is -2.22. The van der Waals surface area contributed by atoms with Crippen LogP contribution in [0.1, 0.15) is 22.8 Å². The number of carbonyl (C=O) groups excluding carboxylic acids is 2. The Hall–Kier alpha value is -3.17. The second-order valence-corrected chi connectivity index (χ2v) is 7.43. The number of halogens is 1. The van der Waals surface area contributed by atoms with Crippen LogP contribution in [-0.2, 0) is 11.3 Å². The Kier molecular flexibility index (Phi) is 7.21. The third-order valence-corrected chi connectivity index (χ3v) is 5.24. The lowest BCUT2D eigenvalue weighted by atomic mass is 10.1. The molecular formula is C20H17ClN5O3S-. The summed E-state index contributed by atoms with van der Waals surface area (Å²) < 4.78 is 1.92. The summed E-state index contributed by atoms with van der Waals surface area (Å²) in [7, 11) is 0. The smallest absolute Gasteiger partial charge is 0.250 e. The molecule has 0 aliphatic carbocycles. The molecule has 3 aromatic rings. The predicted molar refractivity (Wildman–Crippen MR) is 113 cm³/mol. The molecule has 0 unspecified atom stereocenters. The van der Waals surface area contributed by atoms with E-state index in [1.165, 1.54) is 30.1 Å². The van der Waals surface area contributed by atoms with Crippen molar-refractivity contribution in [3.63, 3.8) is 0 Å². The summed E-state index contributed by atoms with van der Waals surface area (Å²) >= 11 is 7.19. The predicted octanol–water partition coefficient (Wildman–Crippen LogP) is 2.22. The molecule has 0 atom stereocenters. The lowest BCUT2D eigenvalue weighted by Gasteiger charge is -2.07. The van der Waals surface area contributed by atoms with Crippen molar-refractivity contribution in [1.82, 2.24) is 20.2 Å². The van der Waals surface area contributed by atoms with Gasteiger partial charge in [0, 0.05) is 17.1 Å². The van der Waals surface area contributed by atoms with Gasteiger partial charge in [0.05, 0.1) is 17.9 Å². The fourth-order valence-corrected chi connectivity index (χ4v) is 3.46. The minimum Gasteiger partial charge on any atom is -0.545 e. The van der Waals surface area contributed by atoms with E-state index in [-0.39, 0.29) is 17.2 Å². The van der Waals surface area contributed by atoms with E-state index >= 15 is 0 Å². The van der Waals surface area contributed by atoms with Gasteiger partial charge in [-0.25, -0.2) is 5.43 Å². The molecule has 3 rings (SSSR count). The number of nitrogens with zero attached hydrogens (tertiary/aromatic N) is 4. The Bertz CT molecular complexity index is 1070. The number of amides is 1. The number of hydrogen-bond acceptors (Lipinski definition) is 7. The van der Waals surface area contributed by atoms with Crippen LogP contribution in [0, 0.1) is 0 Å². The molecule has 2 aromatic carbocycles. The van der Waals surface area contributed by atoms with Crippen LogP contribution in [0.5, 0.6) is 0 Å². The second-order valence-electron chi connectivity index (χ2n) is 6.05. The Balaban J connectivity index is 1.57. The van der Waals surface area contributed by atoms with E-state index in [2.05, 4.69) is 20.7 Å². The van der Waals surface area contributed by atoms with Crippen molar-refractivity contribution in [3.05, 3.63) is 64.7 Å². The molecule has 10 heteroatoms. The number of carboxylic acids is 1. The molecule has 1 N–H and O–H groups in total. The number of nitrogens with one attached hydrogen (secondary N) is 1. The van der Waals surface area contributed by atoms with Gasteiger partial charge in [-0.05, 0) is 42.3 Å². The molecule has 0 spiro atoms.